The molecule has 0 radical (unpaired) electrons. The molecule has 1 saturated carbocycles. The molecule has 2 aliphatic carbocycles. The minimum absolute atomic E-state index is 0.0413. The van der Waals surface area contributed by atoms with Crippen LogP contribution < -0.4 is 4.74 Å². The molecular weight excluding hydrogens is 328 g/mol. The predicted molar refractivity (Wildman–Crippen MR) is 97.2 cm³/mol. The van der Waals surface area contributed by atoms with Gasteiger partial charge in [0.15, 0.2) is 5.60 Å². The molecule has 1 aromatic rings. The van der Waals surface area contributed by atoms with E-state index in [1.807, 2.05) is 32.1 Å². The van der Waals surface area contributed by atoms with E-state index in [0.717, 1.165) is 29.7 Å². The number of ether oxygens (including phenoxy) is 2. The molecular formula is C22H24O4. The molecule has 0 saturated heterocycles. The van der Waals surface area contributed by atoms with Gasteiger partial charge in [0.25, 0.3) is 0 Å². The van der Waals surface area contributed by atoms with E-state index in [-0.39, 0.29) is 29.2 Å². The van der Waals surface area contributed by atoms with Crippen molar-refractivity contribution in [3.05, 3.63) is 46.6 Å². The normalized spacial score (nSPS) is 39.7. The lowest BCUT2D eigenvalue weighted by Gasteiger charge is -2.52. The number of esters is 1. The van der Waals surface area contributed by atoms with E-state index >= 15 is 0 Å². The Hall–Kier alpha value is -2.23. The topological polar surface area (TPSA) is 55.8 Å². The van der Waals surface area contributed by atoms with E-state index in [4.69, 9.17) is 9.47 Å². The van der Waals surface area contributed by atoms with E-state index in [1.54, 1.807) is 0 Å². The van der Waals surface area contributed by atoms with Crippen LogP contribution in [-0.2, 0) is 9.53 Å². The second-order valence-corrected chi connectivity index (χ2v) is 8.70. The molecule has 2 heterocycles. The van der Waals surface area contributed by atoms with Gasteiger partial charge in [-0.3, -0.25) is 0 Å². The number of aromatic hydroxyl groups is 1. The van der Waals surface area contributed by atoms with Crippen LogP contribution in [0, 0.1) is 18.8 Å². The molecule has 4 nitrogen and oxygen atoms in total. The molecule has 1 N–H and O–H groups in total. The van der Waals surface area contributed by atoms with Gasteiger partial charge in [-0.2, -0.15) is 0 Å². The maximum atomic E-state index is 12.3. The number of phenolic OH excluding ortho intramolecular Hbond substituents is 1. The number of rotatable bonds is 0. The molecule has 0 unspecified atom stereocenters. The van der Waals surface area contributed by atoms with Crippen molar-refractivity contribution in [1.29, 1.82) is 0 Å². The van der Waals surface area contributed by atoms with Crippen molar-refractivity contribution in [2.24, 2.45) is 11.8 Å². The van der Waals surface area contributed by atoms with E-state index < -0.39 is 5.60 Å². The highest BCUT2D eigenvalue weighted by molar-refractivity contribution is 5.91. The van der Waals surface area contributed by atoms with Crippen LogP contribution in [0.25, 0.3) is 0 Å². The first-order chi connectivity index (χ1) is 12.2. The minimum atomic E-state index is -0.780. The Kier molecular flexibility index (Phi) is 2.91. The highest BCUT2D eigenvalue weighted by atomic mass is 16.6. The van der Waals surface area contributed by atoms with Crippen LogP contribution >= 0.6 is 0 Å². The van der Waals surface area contributed by atoms with Gasteiger partial charge in [-0.25, -0.2) is 4.79 Å². The third-order valence-corrected chi connectivity index (χ3v) is 7.01. The zero-order chi connectivity index (χ0) is 18.4. The zero-order valence-electron chi connectivity index (χ0n) is 15.6. The largest absolute Gasteiger partial charge is 0.508 e. The Labute approximate surface area is 153 Å². The number of hydrogen-bond acceptors (Lipinski definition) is 4. The summed E-state index contributed by atoms with van der Waals surface area (Å²) in [5, 5.41) is 10.4. The van der Waals surface area contributed by atoms with Crippen LogP contribution in [-0.4, -0.2) is 22.3 Å². The molecule has 0 amide bonds. The Bertz CT molecular complexity index is 911. The van der Waals surface area contributed by atoms with E-state index in [0.29, 0.717) is 11.5 Å². The summed E-state index contributed by atoms with van der Waals surface area (Å²) in [5.74, 6) is 1.41. The molecule has 5 rings (SSSR count). The molecule has 26 heavy (non-hydrogen) atoms. The Morgan fingerprint density at radius 1 is 1.15 bits per heavy atom. The second kappa shape index (κ2) is 4.73. The Morgan fingerprint density at radius 3 is 2.62 bits per heavy atom. The molecule has 4 aliphatic rings. The number of aryl methyl sites for hydroxylation is 1. The molecule has 1 aromatic carbocycles. The summed E-state index contributed by atoms with van der Waals surface area (Å²) >= 11 is 0. The smallest absolute Gasteiger partial charge is 0.334 e. The monoisotopic (exact) mass is 352 g/mol. The molecule has 5 atom stereocenters. The summed E-state index contributed by atoms with van der Waals surface area (Å²) in [4.78, 5) is 12.3. The summed E-state index contributed by atoms with van der Waals surface area (Å²) in [5.41, 5.74) is 2.61. The molecule has 1 fully saturated rings. The molecule has 2 aliphatic heterocycles. The van der Waals surface area contributed by atoms with Crippen molar-refractivity contribution in [2.75, 3.05) is 0 Å². The molecule has 4 heteroatoms. The van der Waals surface area contributed by atoms with Crippen LogP contribution in [0.4, 0.5) is 0 Å². The van der Waals surface area contributed by atoms with Gasteiger partial charge in [-0.05, 0) is 76.3 Å². The minimum Gasteiger partial charge on any atom is -0.508 e. The van der Waals surface area contributed by atoms with Gasteiger partial charge in [0, 0.05) is 23.0 Å². The maximum Gasteiger partial charge on any atom is 0.334 e. The van der Waals surface area contributed by atoms with Crippen LogP contribution in [0.15, 0.2) is 35.4 Å². The predicted octanol–water partition coefficient (Wildman–Crippen LogP) is 4.16. The SMILES string of the molecule is CC1=C[C@]2(C=C(C)[C@@H]3CC[C@@]4(C)Oc5cc(C)c(O)cc5[C@@H]2[C@@H]34)OC1=O. The summed E-state index contributed by atoms with van der Waals surface area (Å²) in [6.07, 6.45) is 6.18. The van der Waals surface area contributed by atoms with Crippen LogP contribution in [0.3, 0.4) is 0 Å². The summed E-state index contributed by atoms with van der Waals surface area (Å²) in [6, 6.07) is 3.74. The van der Waals surface area contributed by atoms with Crippen LogP contribution in [0.1, 0.15) is 50.7 Å². The van der Waals surface area contributed by atoms with Crippen molar-refractivity contribution >= 4 is 5.97 Å². The number of hydrogen-bond donors (Lipinski definition) is 1. The third-order valence-electron chi connectivity index (χ3n) is 7.01. The van der Waals surface area contributed by atoms with E-state index in [2.05, 4.69) is 19.9 Å². The fraction of sp³-hybridized carbons (Fsp3) is 0.500. The number of phenols is 1. The first kappa shape index (κ1) is 16.0. The summed E-state index contributed by atoms with van der Waals surface area (Å²) in [7, 11) is 0. The van der Waals surface area contributed by atoms with E-state index in [9.17, 15) is 9.90 Å². The standard InChI is InChI=1S/C22H24O4/c1-11-7-17-15(8-16(11)23)19-18-14(5-6-21(18,4)25-17)12(2)9-22(19)10-13(3)20(24)26-22/h7-10,14,18-19,23H,5-6H2,1-4H3/t14-,18+,19+,21+,22-/m0/s1. The highest BCUT2D eigenvalue weighted by Crippen LogP contribution is 2.64. The Balaban J connectivity index is 1.81. The van der Waals surface area contributed by atoms with Crippen molar-refractivity contribution in [3.8, 4) is 11.5 Å². The summed E-state index contributed by atoms with van der Waals surface area (Å²) < 4.78 is 12.5. The third kappa shape index (κ3) is 1.82. The average Bonchev–Trinajstić information content (AvgIpc) is 3.03. The lowest BCUT2D eigenvalue weighted by atomic mass is 9.59. The molecule has 0 bridgehead atoms. The van der Waals surface area contributed by atoms with Crippen molar-refractivity contribution in [3.63, 3.8) is 0 Å². The van der Waals surface area contributed by atoms with Crippen molar-refractivity contribution in [2.45, 2.75) is 57.7 Å². The van der Waals surface area contributed by atoms with Gasteiger partial charge >= 0.3 is 5.97 Å². The van der Waals surface area contributed by atoms with Gasteiger partial charge in [0.2, 0.25) is 0 Å². The fourth-order valence-corrected chi connectivity index (χ4v) is 5.86. The van der Waals surface area contributed by atoms with Crippen LogP contribution in [0.2, 0.25) is 0 Å². The maximum absolute atomic E-state index is 12.3. The number of benzene rings is 1. The quantitative estimate of drug-likeness (QED) is 0.563. The fourth-order valence-electron chi connectivity index (χ4n) is 5.86. The zero-order valence-corrected chi connectivity index (χ0v) is 15.6. The van der Waals surface area contributed by atoms with Crippen molar-refractivity contribution in [1.82, 2.24) is 0 Å². The van der Waals surface area contributed by atoms with Gasteiger partial charge < -0.3 is 14.6 Å². The lowest BCUT2D eigenvalue weighted by Crippen LogP contribution is -2.54. The number of allylic oxidation sites excluding steroid dienone is 1. The number of carbonyl (C=O) groups is 1. The summed E-state index contributed by atoms with van der Waals surface area (Å²) in [6.45, 7) is 8.03. The molecule has 1 spiro atoms. The number of carbonyl (C=O) groups excluding carboxylic acids is 1. The van der Waals surface area contributed by atoms with Gasteiger partial charge in [0.1, 0.15) is 17.1 Å². The second-order valence-electron chi connectivity index (χ2n) is 8.70. The lowest BCUT2D eigenvalue weighted by molar-refractivity contribution is -0.149. The number of fused-ring (bicyclic) bond motifs is 3. The first-order valence-electron chi connectivity index (χ1n) is 9.39. The van der Waals surface area contributed by atoms with Gasteiger partial charge in [-0.1, -0.05) is 5.57 Å². The first-order valence-corrected chi connectivity index (χ1v) is 9.39. The van der Waals surface area contributed by atoms with Crippen LogP contribution in [0.5, 0.6) is 11.5 Å². The Morgan fingerprint density at radius 2 is 1.92 bits per heavy atom. The molecule has 136 valence electrons. The average molecular weight is 352 g/mol. The van der Waals surface area contributed by atoms with Gasteiger partial charge in [0.05, 0.1) is 0 Å². The molecule has 0 aromatic heterocycles. The highest BCUT2D eigenvalue weighted by Gasteiger charge is 2.63. The van der Waals surface area contributed by atoms with Gasteiger partial charge in [-0.15, -0.1) is 0 Å². The van der Waals surface area contributed by atoms with E-state index in [1.165, 1.54) is 5.57 Å². The van der Waals surface area contributed by atoms with Crippen molar-refractivity contribution < 1.29 is 19.4 Å².